The minimum absolute atomic E-state index is 0.282. The zero-order valence-corrected chi connectivity index (χ0v) is 13.1. The molecular weight excluding hydrogens is 315 g/mol. The van der Waals surface area contributed by atoms with Crippen LogP contribution in [0.1, 0.15) is 17.7 Å². The molecule has 2 bridgehead atoms. The monoisotopic (exact) mass is 333 g/mol. The number of piperidine rings is 1. The minimum atomic E-state index is -0.413. The van der Waals surface area contributed by atoms with Crippen molar-refractivity contribution in [2.24, 2.45) is 0 Å². The van der Waals surface area contributed by atoms with Crippen molar-refractivity contribution in [3.63, 3.8) is 0 Å². The van der Waals surface area contributed by atoms with E-state index in [0.29, 0.717) is 36.4 Å². The Morgan fingerprint density at radius 3 is 2.54 bits per heavy atom. The van der Waals surface area contributed by atoms with Crippen LogP contribution in [-0.4, -0.2) is 40.0 Å². The van der Waals surface area contributed by atoms with Gasteiger partial charge in [0.2, 0.25) is 0 Å². The van der Waals surface area contributed by atoms with E-state index in [2.05, 4.69) is 14.8 Å². The van der Waals surface area contributed by atoms with Crippen LogP contribution in [0.5, 0.6) is 0 Å². The third-order valence-corrected chi connectivity index (χ3v) is 4.99. The van der Waals surface area contributed by atoms with Crippen LogP contribution in [0.25, 0.3) is 0 Å². The number of fused-ring (bicyclic) bond motifs is 2. The fourth-order valence-corrected chi connectivity index (χ4v) is 3.77. The predicted molar refractivity (Wildman–Crippen MR) is 83.6 cm³/mol. The van der Waals surface area contributed by atoms with E-state index in [9.17, 15) is 13.2 Å². The Hall–Kier alpha value is -1.92. The molecular formula is C18H18F3N3. The second-order valence-electron chi connectivity index (χ2n) is 6.58. The summed E-state index contributed by atoms with van der Waals surface area (Å²) < 4.78 is 40.9. The van der Waals surface area contributed by atoms with Crippen molar-refractivity contribution in [2.75, 3.05) is 13.1 Å². The van der Waals surface area contributed by atoms with Crippen molar-refractivity contribution in [1.82, 2.24) is 14.8 Å². The molecule has 6 heteroatoms. The van der Waals surface area contributed by atoms with Crippen molar-refractivity contribution in [1.29, 1.82) is 0 Å². The molecule has 0 radical (unpaired) electrons. The highest BCUT2D eigenvalue weighted by atomic mass is 19.1. The van der Waals surface area contributed by atoms with E-state index < -0.39 is 5.82 Å². The smallest absolute Gasteiger partial charge is 0.146 e. The van der Waals surface area contributed by atoms with Gasteiger partial charge >= 0.3 is 0 Å². The zero-order valence-electron chi connectivity index (χ0n) is 13.1. The average Bonchev–Trinajstić information content (AvgIpc) is 2.58. The summed E-state index contributed by atoms with van der Waals surface area (Å²) in [5.41, 5.74) is 0.857. The van der Waals surface area contributed by atoms with Gasteiger partial charge in [-0.25, -0.2) is 13.2 Å². The second-order valence-corrected chi connectivity index (χ2v) is 6.58. The number of halogens is 3. The largest absolute Gasteiger partial charge is 0.294 e. The van der Waals surface area contributed by atoms with Gasteiger partial charge in [0.25, 0.3) is 0 Å². The summed E-state index contributed by atoms with van der Waals surface area (Å²) in [4.78, 5) is 8.49. The van der Waals surface area contributed by atoms with Crippen molar-refractivity contribution in [3.8, 4) is 0 Å². The molecule has 4 heterocycles. The number of piperazine rings is 1. The predicted octanol–water partition coefficient (Wildman–Crippen LogP) is 2.96. The average molecular weight is 333 g/mol. The normalized spacial score (nSPS) is 24.0. The second kappa shape index (κ2) is 6.18. The first kappa shape index (κ1) is 15.6. The van der Waals surface area contributed by atoms with Gasteiger partial charge < -0.3 is 0 Å². The SMILES string of the molecule is Fc1ccc(F)c(CN2C3CC2CN(Cc2ncccc2F)C3)c1. The standard InChI is InChI=1S/C18H18F3N3/c19-13-3-4-16(20)12(6-13)8-24-14-7-15(24)10-23(9-14)11-18-17(21)2-1-5-22-18/h1-6,14-15H,7-11H2. The molecule has 2 aromatic rings. The van der Waals surface area contributed by atoms with E-state index >= 15 is 0 Å². The molecule has 3 aliphatic rings. The van der Waals surface area contributed by atoms with E-state index in [1.54, 1.807) is 12.3 Å². The van der Waals surface area contributed by atoms with Gasteiger partial charge in [-0.2, -0.15) is 0 Å². The Labute approximate surface area is 138 Å². The Balaban J connectivity index is 1.40. The van der Waals surface area contributed by atoms with E-state index in [1.807, 2.05) is 0 Å². The highest BCUT2D eigenvalue weighted by Gasteiger charge is 2.44. The van der Waals surface area contributed by atoms with Gasteiger partial charge in [0.15, 0.2) is 0 Å². The lowest BCUT2D eigenvalue weighted by Gasteiger charge is -2.56. The van der Waals surface area contributed by atoms with Crippen molar-refractivity contribution in [2.45, 2.75) is 31.6 Å². The summed E-state index contributed by atoms with van der Waals surface area (Å²) in [6.07, 6.45) is 2.65. The van der Waals surface area contributed by atoms with Gasteiger partial charge in [0.1, 0.15) is 17.5 Å². The molecule has 126 valence electrons. The Bertz CT molecular complexity index is 740. The number of rotatable bonds is 4. The molecule has 0 N–H and O–H groups in total. The Kier molecular flexibility index (Phi) is 4.02. The topological polar surface area (TPSA) is 19.4 Å². The number of pyridine rings is 1. The summed E-state index contributed by atoms with van der Waals surface area (Å²) in [6, 6.07) is 7.20. The number of aromatic nitrogens is 1. The van der Waals surface area contributed by atoms with Crippen LogP contribution in [0.2, 0.25) is 0 Å². The first-order valence-electron chi connectivity index (χ1n) is 8.11. The first-order valence-corrected chi connectivity index (χ1v) is 8.11. The van der Waals surface area contributed by atoms with E-state index in [-0.39, 0.29) is 11.6 Å². The molecule has 1 aromatic heterocycles. The van der Waals surface area contributed by atoms with Crippen LogP contribution >= 0.6 is 0 Å². The summed E-state index contributed by atoms with van der Waals surface area (Å²) in [6.45, 7) is 2.50. The lowest BCUT2D eigenvalue weighted by Crippen LogP contribution is -2.67. The quantitative estimate of drug-likeness (QED) is 0.858. The number of hydrogen-bond donors (Lipinski definition) is 0. The fourth-order valence-electron chi connectivity index (χ4n) is 3.77. The fraction of sp³-hybridized carbons (Fsp3) is 0.389. The lowest BCUT2D eigenvalue weighted by molar-refractivity contribution is -0.0784. The van der Waals surface area contributed by atoms with E-state index in [1.165, 1.54) is 18.2 Å². The number of nitrogens with zero attached hydrogens (tertiary/aromatic N) is 3. The van der Waals surface area contributed by atoms with Gasteiger partial charge in [-0.3, -0.25) is 14.8 Å². The molecule has 0 amide bonds. The molecule has 3 fully saturated rings. The molecule has 24 heavy (non-hydrogen) atoms. The molecule has 3 aliphatic heterocycles. The zero-order chi connectivity index (χ0) is 16.7. The maximum atomic E-state index is 13.8. The van der Waals surface area contributed by atoms with Crippen LogP contribution < -0.4 is 0 Å². The summed E-state index contributed by atoms with van der Waals surface area (Å²) in [5.74, 6) is -1.06. The maximum absolute atomic E-state index is 13.8. The minimum Gasteiger partial charge on any atom is -0.294 e. The summed E-state index contributed by atoms with van der Waals surface area (Å²) in [7, 11) is 0. The third-order valence-electron chi connectivity index (χ3n) is 4.99. The van der Waals surface area contributed by atoms with E-state index in [0.717, 1.165) is 25.6 Å². The molecule has 0 saturated carbocycles. The van der Waals surface area contributed by atoms with Crippen molar-refractivity contribution < 1.29 is 13.2 Å². The Morgan fingerprint density at radius 2 is 1.79 bits per heavy atom. The van der Waals surface area contributed by atoms with Crippen molar-refractivity contribution >= 4 is 0 Å². The summed E-state index contributed by atoms with van der Waals surface area (Å²) in [5, 5.41) is 0. The van der Waals surface area contributed by atoms with Crippen LogP contribution in [-0.2, 0) is 13.1 Å². The molecule has 0 aliphatic carbocycles. The summed E-state index contributed by atoms with van der Waals surface area (Å²) >= 11 is 0. The molecule has 5 rings (SSSR count). The van der Waals surface area contributed by atoms with Gasteiger partial charge in [-0.1, -0.05) is 0 Å². The highest BCUT2D eigenvalue weighted by Crippen LogP contribution is 2.34. The number of hydrogen-bond acceptors (Lipinski definition) is 3. The first-order chi connectivity index (χ1) is 11.6. The van der Waals surface area contributed by atoms with Crippen LogP contribution in [0, 0.1) is 17.5 Å². The van der Waals surface area contributed by atoms with E-state index in [4.69, 9.17) is 0 Å². The third kappa shape index (κ3) is 2.91. The Morgan fingerprint density at radius 1 is 1.00 bits per heavy atom. The lowest BCUT2D eigenvalue weighted by atomic mass is 9.86. The van der Waals surface area contributed by atoms with Crippen molar-refractivity contribution in [3.05, 3.63) is 65.2 Å². The van der Waals surface area contributed by atoms with Gasteiger partial charge in [0.05, 0.1) is 5.69 Å². The van der Waals surface area contributed by atoms with Crippen LogP contribution in [0.4, 0.5) is 13.2 Å². The molecule has 3 nitrogen and oxygen atoms in total. The highest BCUT2D eigenvalue weighted by molar-refractivity contribution is 5.20. The van der Waals surface area contributed by atoms with Gasteiger partial charge in [-0.15, -0.1) is 0 Å². The molecule has 3 saturated heterocycles. The maximum Gasteiger partial charge on any atom is 0.146 e. The van der Waals surface area contributed by atoms with Crippen LogP contribution in [0.15, 0.2) is 36.5 Å². The van der Waals surface area contributed by atoms with Gasteiger partial charge in [-0.05, 0) is 36.8 Å². The molecule has 1 aromatic carbocycles. The molecule has 0 spiro atoms. The molecule has 2 atom stereocenters. The molecule has 2 unspecified atom stereocenters. The van der Waals surface area contributed by atoms with Crippen LogP contribution in [0.3, 0.4) is 0 Å². The van der Waals surface area contributed by atoms with Gasteiger partial charge in [0, 0.05) is 50.0 Å². The number of benzene rings is 1.